The summed E-state index contributed by atoms with van der Waals surface area (Å²) in [6.07, 6.45) is 1.67. The topological polar surface area (TPSA) is 44.6 Å². The molecule has 0 atom stereocenters. The minimum Gasteiger partial charge on any atom is -0.507 e. The number of hydrazone groups is 1. The Labute approximate surface area is 119 Å². The second-order valence-corrected chi connectivity index (χ2v) is 5.34. The highest BCUT2D eigenvalue weighted by molar-refractivity contribution is 6.02. The normalized spacial score (nSPS) is 11.5. The van der Waals surface area contributed by atoms with Gasteiger partial charge in [0.05, 0.1) is 6.21 Å². The van der Waals surface area contributed by atoms with Crippen LogP contribution in [-0.4, -0.2) is 16.9 Å². The third-order valence-electron chi connectivity index (χ3n) is 2.54. The minimum atomic E-state index is -0.0866. The molecule has 4 heteroatoms. The summed E-state index contributed by atoms with van der Waals surface area (Å²) in [5.41, 5.74) is 3.67. The molecule has 0 heterocycles. The van der Waals surface area contributed by atoms with Crippen LogP contribution in [0.4, 0.5) is 0 Å². The van der Waals surface area contributed by atoms with Crippen molar-refractivity contribution < 1.29 is 5.11 Å². The summed E-state index contributed by atoms with van der Waals surface area (Å²) >= 11 is 0. The van der Waals surface area contributed by atoms with Crippen molar-refractivity contribution in [1.82, 2.24) is 5.43 Å². The maximum atomic E-state index is 9.92. The number of hydrogen-bond acceptors (Lipinski definition) is 3. The van der Waals surface area contributed by atoms with Crippen molar-refractivity contribution in [3.8, 4) is 5.75 Å². The summed E-state index contributed by atoms with van der Waals surface area (Å²) in [5, 5.41) is 16.2. The van der Waals surface area contributed by atoms with E-state index in [2.05, 4.69) is 10.5 Å². The quantitative estimate of drug-likeness (QED) is 0.650. The van der Waals surface area contributed by atoms with Crippen molar-refractivity contribution in [2.75, 3.05) is 0 Å². The number of rotatable bonds is 2. The molecule has 0 radical (unpaired) electrons. The van der Waals surface area contributed by atoms with E-state index in [0.29, 0.717) is 0 Å². The highest BCUT2D eigenvalue weighted by Crippen LogP contribution is 2.25. The number of halogens is 1. The van der Waals surface area contributed by atoms with Gasteiger partial charge in [0.25, 0.3) is 0 Å². The van der Waals surface area contributed by atoms with Gasteiger partial charge < -0.3 is 10.5 Å². The molecule has 0 aromatic heterocycles. The van der Waals surface area contributed by atoms with Gasteiger partial charge in [-0.05, 0) is 37.6 Å². The van der Waals surface area contributed by atoms with E-state index in [1.165, 1.54) is 0 Å². The lowest BCUT2D eigenvalue weighted by atomic mass is 10.0. The highest BCUT2D eigenvalue weighted by Gasteiger charge is 2.07. The van der Waals surface area contributed by atoms with Crippen molar-refractivity contribution in [3.05, 3.63) is 42.0 Å². The molecular formula is C15H19ClN2O. The van der Waals surface area contributed by atoms with Gasteiger partial charge in [0.2, 0.25) is 0 Å². The van der Waals surface area contributed by atoms with E-state index in [-0.39, 0.29) is 23.7 Å². The maximum absolute atomic E-state index is 9.92. The molecule has 2 N–H and O–H groups in total. The summed E-state index contributed by atoms with van der Waals surface area (Å²) in [6, 6.07) is 11.5. The molecule has 2 aromatic rings. The summed E-state index contributed by atoms with van der Waals surface area (Å²) in [5.74, 6) is 0.244. The Kier molecular flexibility index (Phi) is 4.78. The zero-order valence-electron chi connectivity index (χ0n) is 11.3. The van der Waals surface area contributed by atoms with E-state index < -0.39 is 0 Å². The van der Waals surface area contributed by atoms with Gasteiger partial charge in [-0.3, -0.25) is 0 Å². The van der Waals surface area contributed by atoms with Crippen LogP contribution in [0.15, 0.2) is 41.5 Å². The second-order valence-electron chi connectivity index (χ2n) is 5.34. The molecule has 0 fully saturated rings. The number of aromatic hydroxyl groups is 1. The van der Waals surface area contributed by atoms with Crippen molar-refractivity contribution in [1.29, 1.82) is 0 Å². The average molecular weight is 279 g/mol. The van der Waals surface area contributed by atoms with Gasteiger partial charge in [0.15, 0.2) is 0 Å². The Morgan fingerprint density at radius 1 is 1.11 bits per heavy atom. The van der Waals surface area contributed by atoms with Crippen molar-refractivity contribution in [2.24, 2.45) is 5.10 Å². The molecule has 2 rings (SSSR count). The Morgan fingerprint density at radius 3 is 2.47 bits per heavy atom. The van der Waals surface area contributed by atoms with Gasteiger partial charge in [-0.15, -0.1) is 12.4 Å². The van der Waals surface area contributed by atoms with Crippen LogP contribution in [0.3, 0.4) is 0 Å². The summed E-state index contributed by atoms with van der Waals surface area (Å²) in [7, 11) is 0. The maximum Gasteiger partial charge on any atom is 0.125 e. The van der Waals surface area contributed by atoms with Crippen LogP contribution in [0, 0.1) is 0 Å². The van der Waals surface area contributed by atoms with E-state index in [0.717, 1.165) is 16.3 Å². The number of phenolic OH excluding ortho intramolecular Hbond substituents is 1. The fraction of sp³-hybridized carbons (Fsp3) is 0.267. The zero-order valence-corrected chi connectivity index (χ0v) is 12.2. The number of hydrogen-bond donors (Lipinski definition) is 2. The third kappa shape index (κ3) is 3.86. The lowest BCUT2D eigenvalue weighted by Crippen LogP contribution is -2.31. The Hall–Kier alpha value is -1.74. The predicted octanol–water partition coefficient (Wildman–Crippen LogP) is 3.69. The lowest BCUT2D eigenvalue weighted by Gasteiger charge is -2.17. The SMILES string of the molecule is CC(C)(C)NN=Cc1c(O)ccc2ccccc12.Cl. The third-order valence-corrected chi connectivity index (χ3v) is 2.54. The van der Waals surface area contributed by atoms with Gasteiger partial charge in [0, 0.05) is 11.1 Å². The highest BCUT2D eigenvalue weighted by atomic mass is 35.5. The molecule has 0 aliphatic heterocycles. The Balaban J connectivity index is 0.00000180. The van der Waals surface area contributed by atoms with Gasteiger partial charge in [0.1, 0.15) is 5.75 Å². The van der Waals surface area contributed by atoms with E-state index in [4.69, 9.17) is 0 Å². The zero-order chi connectivity index (χ0) is 13.2. The standard InChI is InChI=1S/C15H18N2O.ClH/c1-15(2,3)17-16-10-13-12-7-5-4-6-11(12)8-9-14(13)18;/h4-10,17-18H,1-3H3;1H. The molecule has 0 unspecified atom stereocenters. The first-order valence-corrected chi connectivity index (χ1v) is 5.98. The molecule has 2 aromatic carbocycles. The van der Waals surface area contributed by atoms with Crippen LogP contribution in [0.25, 0.3) is 10.8 Å². The van der Waals surface area contributed by atoms with Crippen molar-refractivity contribution in [2.45, 2.75) is 26.3 Å². The first-order valence-electron chi connectivity index (χ1n) is 5.98. The Bertz CT molecular complexity index is 588. The molecule has 0 amide bonds. The molecule has 102 valence electrons. The molecule has 0 aliphatic carbocycles. The lowest BCUT2D eigenvalue weighted by molar-refractivity contribution is 0.441. The van der Waals surface area contributed by atoms with Crippen LogP contribution >= 0.6 is 12.4 Å². The molecule has 0 spiro atoms. The van der Waals surface area contributed by atoms with E-state index in [9.17, 15) is 5.11 Å². The number of phenols is 1. The smallest absolute Gasteiger partial charge is 0.125 e. The average Bonchev–Trinajstić information content (AvgIpc) is 2.31. The van der Waals surface area contributed by atoms with Crippen molar-refractivity contribution >= 4 is 29.4 Å². The van der Waals surface area contributed by atoms with E-state index in [1.807, 2.05) is 51.1 Å². The van der Waals surface area contributed by atoms with Crippen LogP contribution in [0.2, 0.25) is 0 Å². The molecule has 0 aliphatic rings. The van der Waals surface area contributed by atoms with Crippen molar-refractivity contribution in [3.63, 3.8) is 0 Å². The van der Waals surface area contributed by atoms with Gasteiger partial charge in [-0.1, -0.05) is 30.3 Å². The number of nitrogens with one attached hydrogen (secondary N) is 1. The van der Waals surface area contributed by atoms with Gasteiger partial charge in [-0.2, -0.15) is 5.10 Å². The summed E-state index contributed by atoms with van der Waals surface area (Å²) in [6.45, 7) is 6.11. The molecule has 19 heavy (non-hydrogen) atoms. The van der Waals surface area contributed by atoms with Crippen LogP contribution in [-0.2, 0) is 0 Å². The molecule has 0 saturated carbocycles. The summed E-state index contributed by atoms with van der Waals surface area (Å²) < 4.78 is 0. The molecule has 0 saturated heterocycles. The van der Waals surface area contributed by atoms with E-state index in [1.54, 1.807) is 12.3 Å². The van der Waals surface area contributed by atoms with Crippen LogP contribution in [0.5, 0.6) is 5.75 Å². The minimum absolute atomic E-state index is 0. The predicted molar refractivity (Wildman–Crippen MR) is 83.3 cm³/mol. The first-order chi connectivity index (χ1) is 8.47. The number of fused-ring (bicyclic) bond motifs is 1. The first kappa shape index (κ1) is 15.3. The molecular weight excluding hydrogens is 260 g/mol. The number of benzene rings is 2. The monoisotopic (exact) mass is 278 g/mol. The van der Waals surface area contributed by atoms with Gasteiger partial charge >= 0.3 is 0 Å². The van der Waals surface area contributed by atoms with Crippen LogP contribution in [0.1, 0.15) is 26.3 Å². The van der Waals surface area contributed by atoms with Gasteiger partial charge in [-0.25, -0.2) is 0 Å². The fourth-order valence-electron chi connectivity index (χ4n) is 1.71. The molecule has 3 nitrogen and oxygen atoms in total. The Morgan fingerprint density at radius 2 is 1.79 bits per heavy atom. The fourth-order valence-corrected chi connectivity index (χ4v) is 1.71. The van der Waals surface area contributed by atoms with E-state index >= 15 is 0 Å². The number of nitrogens with zero attached hydrogens (tertiary/aromatic N) is 1. The largest absolute Gasteiger partial charge is 0.507 e. The second kappa shape index (κ2) is 5.93. The van der Waals surface area contributed by atoms with Crippen LogP contribution < -0.4 is 5.43 Å². The summed E-state index contributed by atoms with van der Waals surface area (Å²) in [4.78, 5) is 0. The molecule has 0 bridgehead atoms.